The van der Waals surface area contributed by atoms with Crippen LogP contribution in [0, 0.1) is 0 Å². The van der Waals surface area contributed by atoms with Gasteiger partial charge in [0.2, 0.25) is 0 Å². The molecule has 0 atom stereocenters. The van der Waals surface area contributed by atoms with Crippen LogP contribution in [0.25, 0.3) is 0 Å². The Balaban J connectivity index is 0.000000561. The lowest BCUT2D eigenvalue weighted by Crippen LogP contribution is -2.17. The summed E-state index contributed by atoms with van der Waals surface area (Å²) in [6, 6.07) is 0. The van der Waals surface area contributed by atoms with E-state index in [1.165, 1.54) is 0 Å². The first-order valence-corrected chi connectivity index (χ1v) is 6.32. The average Bonchev–Trinajstić information content (AvgIpc) is 2.35. The zero-order valence-electron chi connectivity index (χ0n) is 6.89. The van der Waals surface area contributed by atoms with Crippen molar-refractivity contribution in [2.75, 3.05) is 4.93 Å². The van der Waals surface area contributed by atoms with Crippen LogP contribution < -0.4 is 5.32 Å². The zero-order chi connectivity index (χ0) is 9.56. The molecule has 0 aromatic heterocycles. The quantitative estimate of drug-likeness (QED) is 0.459. The predicted molar refractivity (Wildman–Crippen MR) is 59.4 cm³/mol. The van der Waals surface area contributed by atoms with Crippen LogP contribution in [0.5, 0.6) is 0 Å². The molecule has 1 heterocycles. The third kappa shape index (κ3) is 3.57. The second-order valence-electron chi connectivity index (χ2n) is 1.82. The molecule has 3 nitrogen and oxygen atoms in total. The first-order valence-electron chi connectivity index (χ1n) is 3.35. The number of carbonyl (C=O) groups excluding carboxylic acids is 2. The van der Waals surface area contributed by atoms with E-state index >= 15 is 0 Å². The highest BCUT2D eigenvalue weighted by Gasteiger charge is 2.23. The van der Waals surface area contributed by atoms with E-state index in [9.17, 15) is 9.59 Å². The van der Waals surface area contributed by atoms with Gasteiger partial charge in [-0.2, -0.15) is 0 Å². The average molecular weight is 299 g/mol. The molecule has 0 aromatic rings. The van der Waals surface area contributed by atoms with Crippen LogP contribution in [0.2, 0.25) is 0 Å². The molecule has 0 saturated carbocycles. The lowest BCUT2D eigenvalue weighted by molar-refractivity contribution is -0.115. The van der Waals surface area contributed by atoms with Crippen LogP contribution in [0.3, 0.4) is 0 Å². The summed E-state index contributed by atoms with van der Waals surface area (Å²) in [6.07, 6.45) is 2.52. The third-order valence-corrected chi connectivity index (χ3v) is 1.89. The Morgan fingerprint density at radius 3 is 2.42 bits per heavy atom. The fourth-order valence-corrected chi connectivity index (χ4v) is 1.38. The van der Waals surface area contributed by atoms with Gasteiger partial charge in [0, 0.05) is 0 Å². The maximum absolute atomic E-state index is 10.8. The maximum atomic E-state index is 10.8. The Morgan fingerprint density at radius 1 is 1.50 bits per heavy atom. The summed E-state index contributed by atoms with van der Waals surface area (Å²) in [6.45, 7) is 1.92. The van der Waals surface area contributed by atoms with Crippen molar-refractivity contribution >= 4 is 45.5 Å². The molecule has 0 unspecified atom stereocenters. The summed E-state index contributed by atoms with van der Waals surface area (Å²) >= 11 is 3.11. The molecule has 12 heavy (non-hydrogen) atoms. The van der Waals surface area contributed by atoms with Gasteiger partial charge >= 0.3 is 0 Å². The third-order valence-electron chi connectivity index (χ3n) is 1.03. The highest BCUT2D eigenvalue weighted by molar-refractivity contribution is 14.1. The van der Waals surface area contributed by atoms with Gasteiger partial charge in [0.15, 0.2) is 0 Å². The molecule has 1 fully saturated rings. The number of hydrogen-bond acceptors (Lipinski definition) is 3. The summed E-state index contributed by atoms with van der Waals surface area (Å²) < 4.78 is 0. The van der Waals surface area contributed by atoms with Gasteiger partial charge in [-0.05, 0) is 23.1 Å². The molecule has 0 bridgehead atoms. The van der Waals surface area contributed by atoms with E-state index in [1.54, 1.807) is 6.08 Å². The smallest absolute Gasteiger partial charge is 0.282 e. The summed E-state index contributed by atoms with van der Waals surface area (Å²) in [4.78, 5) is 23.8. The van der Waals surface area contributed by atoms with Crippen molar-refractivity contribution in [3.63, 3.8) is 0 Å². The molecule has 68 valence electrons. The van der Waals surface area contributed by atoms with Crippen molar-refractivity contribution in [2.45, 2.75) is 13.3 Å². The Hall–Kier alpha value is -0.0400. The predicted octanol–water partition coefficient (Wildman–Crippen LogP) is 2.31. The van der Waals surface area contributed by atoms with E-state index in [2.05, 4.69) is 27.9 Å². The number of carbonyl (C=O) groups is 2. The molecular formula is C7H10INO2S. The number of nitrogens with one attached hydrogen (secondary N) is 1. The van der Waals surface area contributed by atoms with Gasteiger partial charge in [0.25, 0.3) is 11.1 Å². The minimum absolute atomic E-state index is 0.267. The molecule has 1 aliphatic heterocycles. The number of amides is 2. The van der Waals surface area contributed by atoms with Crippen molar-refractivity contribution in [3.8, 4) is 0 Å². The first kappa shape index (κ1) is 12.0. The summed E-state index contributed by atoms with van der Waals surface area (Å²) in [5.41, 5.74) is 0. The van der Waals surface area contributed by atoms with E-state index in [0.29, 0.717) is 4.91 Å². The topological polar surface area (TPSA) is 46.2 Å². The Labute approximate surface area is 89.5 Å². The molecule has 5 heteroatoms. The summed E-state index contributed by atoms with van der Waals surface area (Å²) in [5, 5.41) is 1.90. The Bertz CT molecular complexity index is 215. The fraction of sp³-hybridized carbons (Fsp3) is 0.429. The van der Waals surface area contributed by atoms with E-state index in [-0.39, 0.29) is 11.1 Å². The summed E-state index contributed by atoms with van der Waals surface area (Å²) in [5.74, 6) is -0.267. The van der Waals surface area contributed by atoms with Crippen LogP contribution >= 0.6 is 34.4 Å². The van der Waals surface area contributed by atoms with Crippen LogP contribution in [0.4, 0.5) is 4.79 Å². The number of imide groups is 1. The van der Waals surface area contributed by atoms with Gasteiger partial charge in [-0.3, -0.25) is 14.9 Å². The van der Waals surface area contributed by atoms with Gasteiger partial charge in [-0.1, -0.05) is 35.6 Å². The number of allylic oxidation sites excluding steroid dienone is 1. The molecule has 0 aliphatic carbocycles. The molecule has 1 saturated heterocycles. The zero-order valence-corrected chi connectivity index (χ0v) is 9.86. The minimum atomic E-state index is -0.273. The maximum Gasteiger partial charge on any atom is 0.290 e. The molecule has 0 spiro atoms. The molecule has 1 aliphatic rings. The fourth-order valence-electron chi connectivity index (χ4n) is 0.646. The van der Waals surface area contributed by atoms with E-state index in [0.717, 1.165) is 18.2 Å². The van der Waals surface area contributed by atoms with E-state index < -0.39 is 0 Å². The lowest BCUT2D eigenvalue weighted by atomic mass is 10.4. The number of halogens is 1. The lowest BCUT2D eigenvalue weighted by Gasteiger charge is -1.85. The van der Waals surface area contributed by atoms with E-state index in [4.69, 9.17) is 0 Å². The second kappa shape index (κ2) is 6.47. The highest BCUT2D eigenvalue weighted by atomic mass is 127. The molecule has 0 radical (unpaired) electrons. The van der Waals surface area contributed by atoms with Crippen LogP contribution in [0.15, 0.2) is 11.0 Å². The first-order chi connectivity index (χ1) is 5.74. The highest BCUT2D eigenvalue weighted by Crippen LogP contribution is 2.22. The number of rotatable bonds is 1. The van der Waals surface area contributed by atoms with Crippen LogP contribution in [-0.4, -0.2) is 16.1 Å². The number of alkyl halides is 1. The number of hydrogen-bond donors (Lipinski definition) is 1. The van der Waals surface area contributed by atoms with Crippen molar-refractivity contribution in [3.05, 3.63) is 11.0 Å². The van der Waals surface area contributed by atoms with Crippen molar-refractivity contribution in [1.82, 2.24) is 5.32 Å². The Kier molecular flexibility index (Phi) is 6.45. The molecule has 2 amide bonds. The Morgan fingerprint density at radius 2 is 2.08 bits per heavy atom. The molecular weight excluding hydrogens is 289 g/mol. The normalized spacial score (nSPS) is 18.8. The van der Waals surface area contributed by atoms with Gasteiger partial charge in [0.1, 0.15) is 0 Å². The molecule has 0 aromatic carbocycles. The van der Waals surface area contributed by atoms with Gasteiger partial charge < -0.3 is 0 Å². The SMILES string of the molecule is CC/C=C1/SC(=O)NC1=O.CI. The van der Waals surface area contributed by atoms with Gasteiger partial charge in [0.05, 0.1) is 4.91 Å². The monoisotopic (exact) mass is 299 g/mol. The van der Waals surface area contributed by atoms with Gasteiger partial charge in [-0.25, -0.2) is 0 Å². The van der Waals surface area contributed by atoms with Gasteiger partial charge in [-0.15, -0.1) is 0 Å². The minimum Gasteiger partial charge on any atom is -0.282 e. The van der Waals surface area contributed by atoms with Crippen molar-refractivity contribution in [1.29, 1.82) is 0 Å². The second-order valence-corrected chi connectivity index (χ2v) is 2.84. The largest absolute Gasteiger partial charge is 0.290 e. The standard InChI is InChI=1S/C6H7NO2S.CH3I/c1-2-3-4-5(8)7-6(9)10-4;1-2/h3H,2H2,1H3,(H,7,8,9);1H3/b4-3+;. The summed E-state index contributed by atoms with van der Waals surface area (Å²) in [7, 11) is 0. The van der Waals surface area contributed by atoms with Crippen LogP contribution in [-0.2, 0) is 4.79 Å². The van der Waals surface area contributed by atoms with Crippen molar-refractivity contribution in [2.24, 2.45) is 0 Å². The number of thioether (sulfide) groups is 1. The molecule has 1 rings (SSSR count). The molecule has 1 N–H and O–H groups in total. The van der Waals surface area contributed by atoms with E-state index in [1.807, 2.05) is 11.9 Å². The van der Waals surface area contributed by atoms with Crippen LogP contribution in [0.1, 0.15) is 13.3 Å². The van der Waals surface area contributed by atoms with Crippen molar-refractivity contribution < 1.29 is 9.59 Å².